The number of aryl methyl sites for hydroxylation is 1. The molecule has 0 aliphatic rings. The lowest BCUT2D eigenvalue weighted by atomic mass is 10.1. The normalized spacial score (nSPS) is 11.3. The van der Waals surface area contributed by atoms with E-state index in [1.54, 1.807) is 25.3 Å². The first-order chi connectivity index (χ1) is 10.6. The van der Waals surface area contributed by atoms with Crippen molar-refractivity contribution in [3.8, 4) is 11.5 Å². The zero-order valence-electron chi connectivity index (χ0n) is 12.8. The maximum absolute atomic E-state index is 9.82. The number of aromatic hydroxyl groups is 1. The zero-order valence-corrected chi connectivity index (χ0v) is 12.8. The number of methoxy groups -OCH3 is 1. The second-order valence-corrected chi connectivity index (χ2v) is 4.88. The monoisotopic (exact) mass is 299 g/mol. The van der Waals surface area contributed by atoms with Crippen LogP contribution in [0.25, 0.3) is 0 Å². The lowest BCUT2D eigenvalue weighted by Gasteiger charge is -2.08. The summed E-state index contributed by atoms with van der Waals surface area (Å²) in [5, 5.41) is 12.9. The van der Waals surface area contributed by atoms with Crippen molar-refractivity contribution in [3.63, 3.8) is 0 Å². The first kappa shape index (κ1) is 15.7. The smallest absolute Gasteiger partial charge is 0.193 e. The van der Waals surface area contributed by atoms with Gasteiger partial charge in [-0.25, -0.2) is 4.99 Å². The van der Waals surface area contributed by atoms with E-state index in [9.17, 15) is 5.11 Å². The summed E-state index contributed by atoms with van der Waals surface area (Å²) in [4.78, 5) is 4.25. The fraction of sp³-hybridized carbons (Fsp3) is 0.235. The number of hydrogen-bond acceptors (Lipinski definition) is 3. The Morgan fingerprint density at radius 3 is 2.82 bits per heavy atom. The summed E-state index contributed by atoms with van der Waals surface area (Å²) >= 11 is 0. The van der Waals surface area contributed by atoms with Gasteiger partial charge in [-0.1, -0.05) is 19.1 Å². The standard InChI is InChI=1S/C17H21N3O2/c1-3-12-5-4-6-14(9-12)20-17(18)19-11-13-10-15(22-2)7-8-16(13)21/h4-10,21H,3,11H2,1-2H3,(H3,18,19,20). The Labute approximate surface area is 130 Å². The molecule has 0 bridgehead atoms. The SMILES string of the molecule is CCc1cccc(NC(N)=NCc2cc(OC)ccc2O)c1. The number of nitrogens with one attached hydrogen (secondary N) is 1. The fourth-order valence-electron chi connectivity index (χ4n) is 2.04. The first-order valence-corrected chi connectivity index (χ1v) is 7.14. The molecule has 22 heavy (non-hydrogen) atoms. The van der Waals surface area contributed by atoms with Gasteiger partial charge in [0.2, 0.25) is 0 Å². The molecule has 0 aliphatic heterocycles. The van der Waals surface area contributed by atoms with Crippen molar-refractivity contribution in [3.05, 3.63) is 53.6 Å². The lowest BCUT2D eigenvalue weighted by molar-refractivity contribution is 0.411. The maximum Gasteiger partial charge on any atom is 0.193 e. The van der Waals surface area contributed by atoms with Crippen LogP contribution < -0.4 is 15.8 Å². The van der Waals surface area contributed by atoms with Crippen LogP contribution in [0.1, 0.15) is 18.1 Å². The van der Waals surface area contributed by atoms with Crippen molar-refractivity contribution in [2.75, 3.05) is 12.4 Å². The van der Waals surface area contributed by atoms with E-state index < -0.39 is 0 Å². The molecule has 116 valence electrons. The molecule has 0 unspecified atom stereocenters. The van der Waals surface area contributed by atoms with Crippen LogP contribution in [-0.2, 0) is 13.0 Å². The summed E-state index contributed by atoms with van der Waals surface area (Å²) in [6, 6.07) is 13.0. The summed E-state index contributed by atoms with van der Waals surface area (Å²) < 4.78 is 5.13. The van der Waals surface area contributed by atoms with Gasteiger partial charge in [-0.15, -0.1) is 0 Å². The molecule has 2 aromatic carbocycles. The average molecular weight is 299 g/mol. The number of anilines is 1. The van der Waals surface area contributed by atoms with E-state index in [1.165, 1.54) is 5.56 Å². The van der Waals surface area contributed by atoms with Gasteiger partial charge in [0.1, 0.15) is 11.5 Å². The third-order valence-corrected chi connectivity index (χ3v) is 3.31. The zero-order chi connectivity index (χ0) is 15.9. The number of phenolic OH excluding ortho intramolecular Hbond substituents is 1. The molecule has 0 spiro atoms. The number of aliphatic imine (C=N–C) groups is 1. The maximum atomic E-state index is 9.82. The number of phenols is 1. The van der Waals surface area contributed by atoms with E-state index in [0.717, 1.165) is 12.1 Å². The van der Waals surface area contributed by atoms with Crippen LogP contribution in [0, 0.1) is 0 Å². The number of benzene rings is 2. The minimum Gasteiger partial charge on any atom is -0.508 e. The van der Waals surface area contributed by atoms with Crippen LogP contribution in [0.4, 0.5) is 5.69 Å². The summed E-state index contributed by atoms with van der Waals surface area (Å²) in [5.41, 5.74) is 8.67. The molecule has 0 heterocycles. The molecular formula is C17H21N3O2. The number of nitrogens with two attached hydrogens (primary N) is 1. The molecule has 2 aromatic rings. The van der Waals surface area contributed by atoms with E-state index in [-0.39, 0.29) is 12.3 Å². The minimum atomic E-state index is 0.172. The average Bonchev–Trinajstić information content (AvgIpc) is 2.54. The lowest BCUT2D eigenvalue weighted by Crippen LogP contribution is -2.22. The van der Waals surface area contributed by atoms with Gasteiger partial charge in [0.15, 0.2) is 5.96 Å². The first-order valence-electron chi connectivity index (χ1n) is 7.14. The second-order valence-electron chi connectivity index (χ2n) is 4.88. The molecule has 2 rings (SSSR count). The third-order valence-electron chi connectivity index (χ3n) is 3.31. The summed E-state index contributed by atoms with van der Waals surface area (Å²) in [5.74, 6) is 1.14. The number of hydrogen-bond donors (Lipinski definition) is 3. The van der Waals surface area contributed by atoms with E-state index in [0.29, 0.717) is 17.3 Å². The Kier molecular flexibility index (Phi) is 5.25. The van der Waals surface area contributed by atoms with Crippen molar-refractivity contribution in [1.82, 2.24) is 0 Å². The van der Waals surface area contributed by atoms with Gasteiger partial charge in [-0.3, -0.25) is 0 Å². The van der Waals surface area contributed by atoms with Gasteiger partial charge in [0.25, 0.3) is 0 Å². The van der Waals surface area contributed by atoms with Crippen LogP contribution in [-0.4, -0.2) is 18.2 Å². The number of ether oxygens (including phenoxy) is 1. The van der Waals surface area contributed by atoms with Gasteiger partial charge in [0, 0.05) is 11.3 Å². The Bertz CT molecular complexity index is 669. The van der Waals surface area contributed by atoms with Crippen LogP contribution in [0.2, 0.25) is 0 Å². The highest BCUT2D eigenvalue weighted by Gasteiger charge is 2.03. The number of nitrogens with zero attached hydrogens (tertiary/aromatic N) is 1. The molecule has 0 atom stereocenters. The molecule has 0 saturated carbocycles. The molecule has 4 N–H and O–H groups in total. The molecule has 5 heteroatoms. The molecule has 5 nitrogen and oxygen atoms in total. The van der Waals surface area contributed by atoms with Crippen molar-refractivity contribution in [1.29, 1.82) is 0 Å². The van der Waals surface area contributed by atoms with Crippen molar-refractivity contribution < 1.29 is 9.84 Å². The van der Waals surface area contributed by atoms with Gasteiger partial charge >= 0.3 is 0 Å². The topological polar surface area (TPSA) is 79.9 Å². The highest BCUT2D eigenvalue weighted by atomic mass is 16.5. The summed E-state index contributed by atoms with van der Waals surface area (Å²) in [7, 11) is 1.58. The van der Waals surface area contributed by atoms with Gasteiger partial charge in [-0.05, 0) is 42.3 Å². The second kappa shape index (κ2) is 7.36. The Morgan fingerprint density at radius 1 is 1.27 bits per heavy atom. The largest absolute Gasteiger partial charge is 0.508 e. The predicted molar refractivity (Wildman–Crippen MR) is 89.4 cm³/mol. The molecule has 0 aliphatic carbocycles. The molecule has 0 saturated heterocycles. The van der Waals surface area contributed by atoms with E-state index in [1.807, 2.05) is 18.2 Å². The number of rotatable bonds is 5. The minimum absolute atomic E-state index is 0.172. The Morgan fingerprint density at radius 2 is 2.09 bits per heavy atom. The van der Waals surface area contributed by atoms with Crippen molar-refractivity contribution >= 4 is 11.6 Å². The molecule has 0 radical (unpaired) electrons. The van der Waals surface area contributed by atoms with Gasteiger partial charge < -0.3 is 20.9 Å². The van der Waals surface area contributed by atoms with E-state index in [2.05, 4.69) is 23.3 Å². The summed E-state index contributed by atoms with van der Waals surface area (Å²) in [6.45, 7) is 2.37. The van der Waals surface area contributed by atoms with Crippen LogP contribution in [0.15, 0.2) is 47.5 Å². The quantitative estimate of drug-likeness (QED) is 0.586. The van der Waals surface area contributed by atoms with Crippen LogP contribution >= 0.6 is 0 Å². The summed E-state index contributed by atoms with van der Waals surface area (Å²) in [6.07, 6.45) is 0.963. The fourth-order valence-corrected chi connectivity index (χ4v) is 2.04. The van der Waals surface area contributed by atoms with Gasteiger partial charge in [0.05, 0.1) is 13.7 Å². The Hall–Kier alpha value is -2.69. The Balaban J connectivity index is 2.06. The predicted octanol–water partition coefficient (Wildman–Crippen LogP) is 2.89. The molecule has 0 aromatic heterocycles. The third kappa shape index (κ3) is 4.15. The van der Waals surface area contributed by atoms with Gasteiger partial charge in [-0.2, -0.15) is 0 Å². The van der Waals surface area contributed by atoms with Crippen molar-refractivity contribution in [2.24, 2.45) is 10.7 Å². The number of guanidine groups is 1. The van der Waals surface area contributed by atoms with E-state index >= 15 is 0 Å². The van der Waals surface area contributed by atoms with Crippen molar-refractivity contribution in [2.45, 2.75) is 19.9 Å². The molecular weight excluding hydrogens is 278 g/mol. The molecule has 0 amide bonds. The van der Waals surface area contributed by atoms with E-state index in [4.69, 9.17) is 10.5 Å². The highest BCUT2D eigenvalue weighted by molar-refractivity contribution is 5.92. The van der Waals surface area contributed by atoms with Crippen LogP contribution in [0.5, 0.6) is 11.5 Å². The molecule has 0 fully saturated rings. The highest BCUT2D eigenvalue weighted by Crippen LogP contribution is 2.23. The van der Waals surface area contributed by atoms with Crippen LogP contribution in [0.3, 0.4) is 0 Å².